The Morgan fingerprint density at radius 1 is 1.09 bits per heavy atom. The van der Waals surface area contributed by atoms with E-state index in [2.05, 4.69) is 32.7 Å². The predicted molar refractivity (Wildman–Crippen MR) is 133 cm³/mol. The number of nitrogens with one attached hydrogen (secondary N) is 2. The molecule has 172 valence electrons. The fourth-order valence-electron chi connectivity index (χ4n) is 4.00. The summed E-state index contributed by atoms with van der Waals surface area (Å²) in [6, 6.07) is 19.8. The Morgan fingerprint density at radius 2 is 1.91 bits per heavy atom. The van der Waals surface area contributed by atoms with Crippen molar-refractivity contribution in [1.29, 1.82) is 0 Å². The van der Waals surface area contributed by atoms with Gasteiger partial charge in [-0.25, -0.2) is 0 Å². The lowest BCUT2D eigenvalue weighted by Gasteiger charge is -2.34. The van der Waals surface area contributed by atoms with Gasteiger partial charge in [0.25, 0.3) is 0 Å². The average Bonchev–Trinajstić information content (AvgIpc) is 2.83. The van der Waals surface area contributed by atoms with Gasteiger partial charge in [0.15, 0.2) is 0 Å². The van der Waals surface area contributed by atoms with Gasteiger partial charge < -0.3 is 20.3 Å². The molecule has 33 heavy (non-hydrogen) atoms. The van der Waals surface area contributed by atoms with Crippen molar-refractivity contribution >= 4 is 28.9 Å². The number of piperidine rings is 1. The van der Waals surface area contributed by atoms with Gasteiger partial charge in [-0.3, -0.25) is 9.78 Å². The van der Waals surface area contributed by atoms with Crippen LogP contribution in [0.5, 0.6) is 5.75 Å². The minimum absolute atomic E-state index is 0.0515. The number of hydrogen-bond donors (Lipinski definition) is 2. The standard InChI is InChI=1S/C26H29ClN4O2/c27-21-4-1-3-20(17-21)18-26(32)30-23-6-8-24(9-7-23)31-14-10-22(11-15-31)29-13-16-33-25-5-2-12-28-19-25/h1-9,12,17,19,22,29H,10-11,13-16,18H2,(H,30,32). The topological polar surface area (TPSA) is 66.5 Å². The summed E-state index contributed by atoms with van der Waals surface area (Å²) in [4.78, 5) is 18.8. The molecule has 7 heteroatoms. The molecule has 1 saturated heterocycles. The number of anilines is 2. The van der Waals surface area contributed by atoms with Crippen LogP contribution in [-0.2, 0) is 11.2 Å². The maximum absolute atomic E-state index is 12.3. The van der Waals surface area contributed by atoms with Crippen molar-refractivity contribution in [2.24, 2.45) is 0 Å². The first-order chi connectivity index (χ1) is 16.2. The Balaban J connectivity index is 1.17. The van der Waals surface area contributed by atoms with Crippen LogP contribution in [0.1, 0.15) is 18.4 Å². The van der Waals surface area contributed by atoms with E-state index in [1.54, 1.807) is 18.5 Å². The maximum atomic E-state index is 12.3. The van der Waals surface area contributed by atoms with Crippen molar-refractivity contribution in [3.63, 3.8) is 0 Å². The minimum Gasteiger partial charge on any atom is -0.491 e. The maximum Gasteiger partial charge on any atom is 0.228 e. The second-order valence-electron chi connectivity index (χ2n) is 8.15. The van der Waals surface area contributed by atoms with E-state index in [4.69, 9.17) is 16.3 Å². The molecule has 1 amide bonds. The number of rotatable bonds is 9. The van der Waals surface area contributed by atoms with Gasteiger partial charge in [0.2, 0.25) is 5.91 Å². The summed E-state index contributed by atoms with van der Waals surface area (Å²) in [6.45, 7) is 3.46. The smallest absolute Gasteiger partial charge is 0.228 e. The van der Waals surface area contributed by atoms with Crippen LogP contribution >= 0.6 is 11.6 Å². The lowest BCUT2D eigenvalue weighted by atomic mass is 10.0. The predicted octanol–water partition coefficient (Wildman–Crippen LogP) is 4.55. The Morgan fingerprint density at radius 3 is 2.64 bits per heavy atom. The van der Waals surface area contributed by atoms with Crippen molar-refractivity contribution in [3.05, 3.63) is 83.6 Å². The van der Waals surface area contributed by atoms with Crippen LogP contribution in [0.3, 0.4) is 0 Å². The number of carbonyl (C=O) groups is 1. The minimum atomic E-state index is -0.0515. The third kappa shape index (κ3) is 7.20. The van der Waals surface area contributed by atoms with Crippen LogP contribution in [0.15, 0.2) is 73.1 Å². The summed E-state index contributed by atoms with van der Waals surface area (Å²) < 4.78 is 5.69. The van der Waals surface area contributed by atoms with Gasteiger partial charge in [0, 0.05) is 48.3 Å². The number of benzene rings is 2. The first-order valence-corrected chi connectivity index (χ1v) is 11.7. The van der Waals surface area contributed by atoms with E-state index in [9.17, 15) is 4.79 Å². The molecule has 2 aromatic carbocycles. The number of pyridine rings is 1. The summed E-state index contributed by atoms with van der Waals surface area (Å²) in [7, 11) is 0. The van der Waals surface area contributed by atoms with E-state index in [1.807, 2.05) is 42.5 Å². The molecule has 2 N–H and O–H groups in total. The van der Waals surface area contributed by atoms with Crippen molar-refractivity contribution in [1.82, 2.24) is 10.3 Å². The second-order valence-corrected chi connectivity index (χ2v) is 8.59. The Labute approximate surface area is 199 Å². The van der Waals surface area contributed by atoms with Crippen LogP contribution in [0.25, 0.3) is 0 Å². The van der Waals surface area contributed by atoms with Crippen molar-refractivity contribution in [3.8, 4) is 5.75 Å². The fourth-order valence-corrected chi connectivity index (χ4v) is 4.21. The number of hydrogen-bond acceptors (Lipinski definition) is 5. The molecule has 4 rings (SSSR count). The van der Waals surface area contributed by atoms with Crippen LogP contribution in [0, 0.1) is 0 Å². The number of aromatic nitrogens is 1. The molecule has 1 aromatic heterocycles. The average molecular weight is 465 g/mol. The van der Waals surface area contributed by atoms with Gasteiger partial charge in [-0.2, -0.15) is 0 Å². The molecular formula is C26H29ClN4O2. The summed E-state index contributed by atoms with van der Waals surface area (Å²) in [5.41, 5.74) is 2.88. The van der Waals surface area contributed by atoms with Crippen molar-refractivity contribution < 1.29 is 9.53 Å². The first kappa shape index (κ1) is 23.1. The molecule has 0 aliphatic carbocycles. The number of amides is 1. The van der Waals surface area contributed by atoms with Gasteiger partial charge in [0.1, 0.15) is 12.4 Å². The van der Waals surface area contributed by atoms with Gasteiger partial charge in [-0.1, -0.05) is 23.7 Å². The highest BCUT2D eigenvalue weighted by molar-refractivity contribution is 6.30. The van der Waals surface area contributed by atoms with E-state index in [0.717, 1.165) is 49.5 Å². The van der Waals surface area contributed by atoms with Gasteiger partial charge in [-0.05, 0) is 66.9 Å². The zero-order valence-corrected chi connectivity index (χ0v) is 19.3. The van der Waals surface area contributed by atoms with Gasteiger partial charge >= 0.3 is 0 Å². The van der Waals surface area contributed by atoms with Crippen molar-refractivity contribution in [2.75, 3.05) is 36.5 Å². The third-order valence-corrected chi connectivity index (χ3v) is 5.94. The third-order valence-electron chi connectivity index (χ3n) is 5.70. The SMILES string of the molecule is O=C(Cc1cccc(Cl)c1)Nc1ccc(N2CCC(NCCOc3cccnc3)CC2)cc1. The number of halogens is 1. The first-order valence-electron chi connectivity index (χ1n) is 11.3. The summed E-state index contributed by atoms with van der Waals surface area (Å²) in [5, 5.41) is 7.19. The molecule has 1 fully saturated rings. The highest BCUT2D eigenvalue weighted by Crippen LogP contribution is 2.22. The van der Waals surface area contributed by atoms with Crippen LogP contribution in [0.4, 0.5) is 11.4 Å². The van der Waals surface area contributed by atoms with E-state index < -0.39 is 0 Å². The molecular weight excluding hydrogens is 436 g/mol. The summed E-state index contributed by atoms with van der Waals surface area (Å²) in [5.74, 6) is 0.752. The molecule has 0 bridgehead atoms. The Hall–Kier alpha value is -3.09. The largest absolute Gasteiger partial charge is 0.491 e. The molecule has 0 radical (unpaired) electrons. The highest BCUT2D eigenvalue weighted by atomic mass is 35.5. The van der Waals surface area contributed by atoms with Crippen LogP contribution in [0.2, 0.25) is 5.02 Å². The van der Waals surface area contributed by atoms with Gasteiger partial charge in [0.05, 0.1) is 12.6 Å². The van der Waals surface area contributed by atoms with E-state index in [1.165, 1.54) is 5.69 Å². The quantitative estimate of drug-likeness (QED) is 0.455. The second kappa shape index (κ2) is 11.7. The van der Waals surface area contributed by atoms with E-state index >= 15 is 0 Å². The Bertz CT molecular complexity index is 1020. The molecule has 0 spiro atoms. The van der Waals surface area contributed by atoms with E-state index in [0.29, 0.717) is 24.1 Å². The fraction of sp³-hybridized carbons (Fsp3) is 0.308. The molecule has 2 heterocycles. The number of ether oxygens (including phenoxy) is 1. The zero-order valence-electron chi connectivity index (χ0n) is 18.5. The molecule has 0 unspecified atom stereocenters. The highest BCUT2D eigenvalue weighted by Gasteiger charge is 2.19. The van der Waals surface area contributed by atoms with Gasteiger partial charge in [-0.15, -0.1) is 0 Å². The molecule has 1 aliphatic heterocycles. The molecule has 1 aliphatic rings. The normalized spacial score (nSPS) is 14.2. The number of carbonyl (C=O) groups excluding carboxylic acids is 1. The Kier molecular flexibility index (Phi) is 8.17. The molecule has 0 atom stereocenters. The molecule has 3 aromatic rings. The number of nitrogens with zero attached hydrogens (tertiary/aromatic N) is 2. The summed E-state index contributed by atoms with van der Waals surface area (Å²) >= 11 is 6.00. The van der Waals surface area contributed by atoms with Crippen LogP contribution < -0.4 is 20.3 Å². The van der Waals surface area contributed by atoms with Crippen LogP contribution in [-0.4, -0.2) is 43.2 Å². The summed E-state index contributed by atoms with van der Waals surface area (Å²) in [6.07, 6.45) is 5.95. The molecule has 6 nitrogen and oxygen atoms in total. The molecule has 0 saturated carbocycles. The van der Waals surface area contributed by atoms with Crippen molar-refractivity contribution in [2.45, 2.75) is 25.3 Å². The monoisotopic (exact) mass is 464 g/mol. The zero-order chi connectivity index (χ0) is 22.9. The van der Waals surface area contributed by atoms with E-state index in [-0.39, 0.29) is 5.91 Å². The lowest BCUT2D eigenvalue weighted by Crippen LogP contribution is -2.43. The lowest BCUT2D eigenvalue weighted by molar-refractivity contribution is -0.115.